The van der Waals surface area contributed by atoms with E-state index in [9.17, 15) is 44.7 Å². The van der Waals surface area contributed by atoms with E-state index < -0.39 is 47.3 Å². The molecule has 0 heterocycles. The zero-order valence-electron chi connectivity index (χ0n) is 13.8. The summed E-state index contributed by atoms with van der Waals surface area (Å²) in [6, 6.07) is 7.74. The molecule has 0 aliphatic carbocycles. The van der Waals surface area contributed by atoms with Crippen LogP contribution >= 0.6 is 0 Å². The minimum absolute atomic E-state index is 0.347. The first-order valence-corrected chi connectivity index (χ1v) is 7.39. The van der Waals surface area contributed by atoms with Gasteiger partial charge in [-0.25, -0.2) is 14.0 Å². The van der Waals surface area contributed by atoms with Crippen molar-refractivity contribution >= 4 is 11.9 Å². The fourth-order valence-electron chi connectivity index (χ4n) is 1.86. The third-order valence-electron chi connectivity index (χ3n) is 3.32. The number of halogens is 8. The first kappa shape index (κ1) is 22.1. The fourth-order valence-corrected chi connectivity index (χ4v) is 1.86. The van der Waals surface area contributed by atoms with Gasteiger partial charge in [-0.3, -0.25) is 0 Å². The normalized spacial score (nSPS) is 12.4. The maximum absolute atomic E-state index is 13.4. The van der Waals surface area contributed by atoms with Crippen molar-refractivity contribution in [3.8, 4) is 11.5 Å². The van der Waals surface area contributed by atoms with Gasteiger partial charge in [-0.1, -0.05) is 18.2 Å². The first-order valence-electron chi connectivity index (χ1n) is 7.39. The Morgan fingerprint density at radius 3 is 1.83 bits per heavy atom. The number of hydrogen-bond acceptors (Lipinski definition) is 4. The van der Waals surface area contributed by atoms with Crippen molar-refractivity contribution in [2.75, 3.05) is 0 Å². The zero-order chi connectivity index (χ0) is 22.0. The molecule has 0 atom stereocenters. The molecule has 2 rings (SSSR count). The number of alkyl halides is 7. The van der Waals surface area contributed by atoms with E-state index in [1.165, 1.54) is 0 Å². The molecule has 0 saturated heterocycles. The molecular weight excluding hydrogens is 420 g/mol. The highest BCUT2D eigenvalue weighted by Crippen LogP contribution is 2.47. The second kappa shape index (κ2) is 7.68. The van der Waals surface area contributed by atoms with Gasteiger partial charge in [0.2, 0.25) is 0 Å². The van der Waals surface area contributed by atoms with Gasteiger partial charge in [0, 0.05) is 0 Å². The quantitative estimate of drug-likeness (QED) is 0.391. The van der Waals surface area contributed by atoms with E-state index in [2.05, 4.69) is 4.74 Å². The Labute approximate surface area is 156 Å². The average Bonchev–Trinajstić information content (AvgIpc) is 2.62. The van der Waals surface area contributed by atoms with Crippen LogP contribution in [0.3, 0.4) is 0 Å². The van der Waals surface area contributed by atoms with Crippen LogP contribution in [0.1, 0.15) is 10.4 Å². The third-order valence-corrected chi connectivity index (χ3v) is 3.32. The smallest absolute Gasteiger partial charge is 0.419 e. The fraction of sp³-hybridized carbons (Fsp3) is 0.176. The van der Waals surface area contributed by atoms with E-state index in [0.717, 1.165) is 42.5 Å². The van der Waals surface area contributed by atoms with Crippen molar-refractivity contribution in [2.45, 2.75) is 18.0 Å². The molecule has 0 N–H and O–H groups in total. The monoisotopic (exact) mass is 428 g/mol. The van der Waals surface area contributed by atoms with E-state index in [1.807, 2.05) is 0 Å². The average molecular weight is 428 g/mol. The van der Waals surface area contributed by atoms with E-state index in [1.54, 1.807) is 0 Å². The number of esters is 2. The number of benzene rings is 2. The zero-order valence-corrected chi connectivity index (χ0v) is 13.8. The Morgan fingerprint density at radius 2 is 1.31 bits per heavy atom. The second-order valence-electron chi connectivity index (χ2n) is 5.38. The lowest BCUT2D eigenvalue weighted by Gasteiger charge is -2.26. The van der Waals surface area contributed by atoms with Crippen molar-refractivity contribution in [1.82, 2.24) is 0 Å². The van der Waals surface area contributed by atoms with E-state index in [0.29, 0.717) is 6.07 Å². The van der Waals surface area contributed by atoms with Crippen LogP contribution in [-0.2, 0) is 4.79 Å². The van der Waals surface area contributed by atoms with E-state index in [-0.39, 0.29) is 5.56 Å². The molecular formula is C17H8F8O4. The van der Waals surface area contributed by atoms with Gasteiger partial charge in [-0.2, -0.15) is 30.7 Å². The maximum atomic E-state index is 13.4. The molecule has 2 aromatic rings. The molecule has 0 unspecified atom stereocenters. The van der Waals surface area contributed by atoms with E-state index in [4.69, 9.17) is 4.74 Å². The molecule has 0 fully saturated rings. The summed E-state index contributed by atoms with van der Waals surface area (Å²) in [5.74, 6) is -20.1. The summed E-state index contributed by atoms with van der Waals surface area (Å²) in [6.07, 6.45) is -6.74. The van der Waals surface area contributed by atoms with Gasteiger partial charge in [0.05, 0.1) is 5.56 Å². The Hall–Kier alpha value is -3.18. The minimum atomic E-state index is -6.74. The Balaban J connectivity index is 2.27. The topological polar surface area (TPSA) is 52.6 Å². The molecule has 4 nitrogen and oxygen atoms in total. The van der Waals surface area contributed by atoms with E-state index >= 15 is 0 Å². The summed E-state index contributed by atoms with van der Waals surface area (Å²) >= 11 is 0. The van der Waals surface area contributed by atoms with Crippen molar-refractivity contribution in [3.05, 3.63) is 59.9 Å². The van der Waals surface area contributed by atoms with Crippen molar-refractivity contribution in [1.29, 1.82) is 0 Å². The molecule has 0 radical (unpaired) electrons. The van der Waals surface area contributed by atoms with Gasteiger partial charge in [0.15, 0.2) is 11.5 Å². The predicted molar refractivity (Wildman–Crippen MR) is 79.4 cm³/mol. The molecule has 2 aromatic carbocycles. The molecule has 0 aliphatic heterocycles. The standard InChI is InChI=1S/C17H8F8O4/c18-10-5-3-4-9(8-10)13(26)28-11-6-1-2-7-12(11)29-14(27)15(19,20)16(21,22)17(23,24)25/h1-8H. The summed E-state index contributed by atoms with van der Waals surface area (Å²) in [6.45, 7) is 0. The minimum Gasteiger partial charge on any atom is -0.419 e. The van der Waals surface area contributed by atoms with Crippen LogP contribution in [0.5, 0.6) is 11.5 Å². The van der Waals surface area contributed by atoms with Gasteiger partial charge in [0.25, 0.3) is 0 Å². The molecule has 12 heteroatoms. The number of para-hydroxylation sites is 2. The maximum Gasteiger partial charge on any atom is 0.460 e. The van der Waals surface area contributed by atoms with Gasteiger partial charge < -0.3 is 9.47 Å². The summed E-state index contributed by atoms with van der Waals surface area (Å²) in [4.78, 5) is 23.3. The summed E-state index contributed by atoms with van der Waals surface area (Å²) in [5, 5.41) is 0. The molecule has 0 spiro atoms. The molecule has 0 aliphatic rings. The number of ether oxygens (including phenoxy) is 2. The van der Waals surface area contributed by atoms with Crippen LogP contribution in [0.15, 0.2) is 48.5 Å². The molecule has 0 amide bonds. The highest BCUT2D eigenvalue weighted by molar-refractivity contribution is 5.91. The molecule has 0 aromatic heterocycles. The molecule has 29 heavy (non-hydrogen) atoms. The first-order chi connectivity index (χ1) is 13.3. The van der Waals surface area contributed by atoms with Crippen LogP contribution in [0.4, 0.5) is 35.1 Å². The number of carbonyl (C=O) groups is 2. The summed E-state index contributed by atoms with van der Waals surface area (Å²) in [7, 11) is 0. The van der Waals surface area contributed by atoms with Crippen LogP contribution in [0.2, 0.25) is 0 Å². The number of rotatable bonds is 5. The Kier molecular flexibility index (Phi) is 5.86. The lowest BCUT2D eigenvalue weighted by atomic mass is 10.1. The number of hydrogen-bond donors (Lipinski definition) is 0. The Bertz CT molecular complexity index is 924. The molecule has 0 saturated carbocycles. The van der Waals surface area contributed by atoms with Crippen molar-refractivity contribution in [3.63, 3.8) is 0 Å². The van der Waals surface area contributed by atoms with Crippen LogP contribution in [0, 0.1) is 5.82 Å². The second-order valence-corrected chi connectivity index (χ2v) is 5.38. The van der Waals surface area contributed by atoms with Gasteiger partial charge >= 0.3 is 30.0 Å². The van der Waals surface area contributed by atoms with Gasteiger partial charge in [-0.05, 0) is 30.3 Å². The van der Waals surface area contributed by atoms with Gasteiger partial charge in [-0.15, -0.1) is 0 Å². The SMILES string of the molecule is O=C(Oc1ccccc1OC(=O)C(F)(F)C(F)(F)C(F)(F)F)c1cccc(F)c1. The van der Waals surface area contributed by atoms with Crippen LogP contribution < -0.4 is 9.47 Å². The lowest BCUT2D eigenvalue weighted by Crippen LogP contribution is -2.57. The predicted octanol–water partition coefficient (Wildman–Crippen LogP) is 4.78. The third kappa shape index (κ3) is 4.46. The lowest BCUT2D eigenvalue weighted by molar-refractivity contribution is -0.346. The van der Waals surface area contributed by atoms with Crippen LogP contribution in [0.25, 0.3) is 0 Å². The van der Waals surface area contributed by atoms with Crippen molar-refractivity contribution in [2.24, 2.45) is 0 Å². The van der Waals surface area contributed by atoms with Gasteiger partial charge in [0.1, 0.15) is 5.82 Å². The number of carbonyl (C=O) groups excluding carboxylic acids is 2. The Morgan fingerprint density at radius 1 is 0.759 bits per heavy atom. The molecule has 0 bridgehead atoms. The highest BCUT2D eigenvalue weighted by Gasteiger charge is 2.77. The van der Waals surface area contributed by atoms with Crippen molar-refractivity contribution < 1.29 is 54.2 Å². The summed E-state index contributed by atoms with van der Waals surface area (Å²) in [5.41, 5.74) is -0.347. The summed E-state index contributed by atoms with van der Waals surface area (Å²) < 4.78 is 111. The molecule has 156 valence electrons. The largest absolute Gasteiger partial charge is 0.460 e. The van der Waals surface area contributed by atoms with Crippen LogP contribution in [-0.4, -0.2) is 30.0 Å². The highest BCUT2D eigenvalue weighted by atomic mass is 19.4.